The van der Waals surface area contributed by atoms with E-state index < -0.39 is 0 Å². The Morgan fingerprint density at radius 1 is 1.00 bits per heavy atom. The fourth-order valence-electron chi connectivity index (χ4n) is 2.50. The van der Waals surface area contributed by atoms with E-state index in [0.717, 1.165) is 44.7 Å². The van der Waals surface area contributed by atoms with Gasteiger partial charge in [0.05, 0.1) is 6.61 Å². The SMILES string of the molecule is CC(NCCCN)c1ccc(OCCCc2ccccc2)cc1. The van der Waals surface area contributed by atoms with Crippen molar-refractivity contribution in [3.63, 3.8) is 0 Å². The van der Waals surface area contributed by atoms with Gasteiger partial charge in [-0.3, -0.25) is 0 Å². The van der Waals surface area contributed by atoms with Gasteiger partial charge < -0.3 is 15.8 Å². The van der Waals surface area contributed by atoms with E-state index in [1.54, 1.807) is 0 Å². The molecule has 0 aliphatic rings. The first-order chi connectivity index (χ1) is 11.3. The molecule has 0 radical (unpaired) electrons. The summed E-state index contributed by atoms with van der Waals surface area (Å²) in [7, 11) is 0. The molecule has 1 atom stereocenters. The van der Waals surface area contributed by atoms with Crippen LogP contribution in [0.5, 0.6) is 5.75 Å². The summed E-state index contributed by atoms with van der Waals surface area (Å²) in [4.78, 5) is 0. The van der Waals surface area contributed by atoms with Crippen LogP contribution in [-0.2, 0) is 6.42 Å². The maximum atomic E-state index is 5.82. The molecule has 3 nitrogen and oxygen atoms in total. The average Bonchev–Trinajstić information content (AvgIpc) is 2.60. The summed E-state index contributed by atoms with van der Waals surface area (Å²) in [6, 6.07) is 19.2. The molecule has 2 aromatic rings. The molecule has 0 amide bonds. The van der Waals surface area contributed by atoms with Crippen molar-refractivity contribution in [2.45, 2.75) is 32.2 Å². The molecule has 2 aromatic carbocycles. The summed E-state index contributed by atoms with van der Waals surface area (Å²) in [6.45, 7) is 4.61. The lowest BCUT2D eigenvalue weighted by atomic mass is 10.1. The van der Waals surface area contributed by atoms with Crippen LogP contribution in [-0.4, -0.2) is 19.7 Å². The Balaban J connectivity index is 1.70. The van der Waals surface area contributed by atoms with E-state index in [1.165, 1.54) is 11.1 Å². The van der Waals surface area contributed by atoms with Gasteiger partial charge in [-0.2, -0.15) is 0 Å². The van der Waals surface area contributed by atoms with Gasteiger partial charge in [0.15, 0.2) is 0 Å². The number of rotatable bonds is 10. The third-order valence-electron chi connectivity index (χ3n) is 3.93. The highest BCUT2D eigenvalue weighted by Gasteiger charge is 2.04. The van der Waals surface area contributed by atoms with Gasteiger partial charge in [0.2, 0.25) is 0 Å². The van der Waals surface area contributed by atoms with Gasteiger partial charge in [0.25, 0.3) is 0 Å². The summed E-state index contributed by atoms with van der Waals surface area (Å²) in [5, 5.41) is 3.47. The highest BCUT2D eigenvalue weighted by atomic mass is 16.5. The average molecular weight is 312 g/mol. The molecule has 0 saturated heterocycles. The van der Waals surface area contributed by atoms with Crippen molar-refractivity contribution in [2.75, 3.05) is 19.7 Å². The van der Waals surface area contributed by atoms with E-state index in [-0.39, 0.29) is 0 Å². The normalized spacial score (nSPS) is 12.1. The molecule has 0 aliphatic heterocycles. The number of nitrogens with two attached hydrogens (primary N) is 1. The summed E-state index contributed by atoms with van der Waals surface area (Å²) in [5.41, 5.74) is 8.15. The Labute approximate surface area is 139 Å². The second-order valence-electron chi connectivity index (χ2n) is 5.82. The lowest BCUT2D eigenvalue weighted by Gasteiger charge is -2.14. The molecule has 0 bridgehead atoms. The zero-order valence-electron chi connectivity index (χ0n) is 14.0. The van der Waals surface area contributed by atoms with Crippen molar-refractivity contribution in [3.8, 4) is 5.75 Å². The minimum Gasteiger partial charge on any atom is -0.494 e. The second kappa shape index (κ2) is 10.0. The quantitative estimate of drug-likeness (QED) is 0.658. The predicted octanol–water partition coefficient (Wildman–Crippen LogP) is 3.70. The fourth-order valence-corrected chi connectivity index (χ4v) is 2.50. The minimum absolute atomic E-state index is 0.341. The van der Waals surface area contributed by atoms with Gasteiger partial charge in [0, 0.05) is 6.04 Å². The van der Waals surface area contributed by atoms with Crippen LogP contribution in [0.25, 0.3) is 0 Å². The lowest BCUT2D eigenvalue weighted by Crippen LogP contribution is -2.21. The third-order valence-corrected chi connectivity index (χ3v) is 3.93. The molecule has 0 aliphatic carbocycles. The van der Waals surface area contributed by atoms with Crippen LogP contribution in [0.4, 0.5) is 0 Å². The molecule has 23 heavy (non-hydrogen) atoms. The Morgan fingerprint density at radius 2 is 1.74 bits per heavy atom. The first kappa shape index (κ1) is 17.5. The topological polar surface area (TPSA) is 47.3 Å². The van der Waals surface area contributed by atoms with Crippen LogP contribution in [0.3, 0.4) is 0 Å². The van der Waals surface area contributed by atoms with Crippen molar-refractivity contribution in [3.05, 3.63) is 65.7 Å². The maximum absolute atomic E-state index is 5.82. The number of ether oxygens (including phenoxy) is 1. The van der Waals surface area contributed by atoms with Gasteiger partial charge in [-0.05, 0) is 62.5 Å². The standard InChI is InChI=1S/C20H28N2O/c1-17(22-15-6-14-21)19-10-12-20(13-11-19)23-16-5-9-18-7-3-2-4-8-18/h2-4,7-8,10-13,17,22H,5-6,9,14-16,21H2,1H3. The van der Waals surface area contributed by atoms with Crippen LogP contribution in [0.15, 0.2) is 54.6 Å². The molecule has 0 fully saturated rings. The summed E-state index contributed by atoms with van der Waals surface area (Å²) in [5.74, 6) is 0.941. The lowest BCUT2D eigenvalue weighted by molar-refractivity contribution is 0.311. The van der Waals surface area contributed by atoms with E-state index in [1.807, 2.05) is 6.07 Å². The van der Waals surface area contributed by atoms with E-state index in [2.05, 4.69) is 60.8 Å². The van der Waals surface area contributed by atoms with E-state index in [9.17, 15) is 0 Å². The molecular weight excluding hydrogens is 284 g/mol. The van der Waals surface area contributed by atoms with Crippen LogP contribution >= 0.6 is 0 Å². The maximum Gasteiger partial charge on any atom is 0.119 e. The number of nitrogens with one attached hydrogen (secondary N) is 1. The van der Waals surface area contributed by atoms with Crippen molar-refractivity contribution in [2.24, 2.45) is 5.73 Å². The first-order valence-electron chi connectivity index (χ1n) is 8.49. The number of hydrogen-bond acceptors (Lipinski definition) is 3. The van der Waals surface area contributed by atoms with E-state index in [4.69, 9.17) is 10.5 Å². The molecular formula is C20H28N2O. The van der Waals surface area contributed by atoms with Gasteiger partial charge in [0.1, 0.15) is 5.75 Å². The van der Waals surface area contributed by atoms with Crippen LogP contribution in [0, 0.1) is 0 Å². The molecule has 0 saturated carbocycles. The Hall–Kier alpha value is -1.84. The minimum atomic E-state index is 0.341. The van der Waals surface area contributed by atoms with Crippen LogP contribution in [0.1, 0.15) is 36.9 Å². The number of hydrogen-bond donors (Lipinski definition) is 2. The van der Waals surface area contributed by atoms with E-state index in [0.29, 0.717) is 6.04 Å². The summed E-state index contributed by atoms with van der Waals surface area (Å²) in [6.07, 6.45) is 3.09. The number of aryl methyl sites for hydroxylation is 1. The molecule has 3 heteroatoms. The number of benzene rings is 2. The van der Waals surface area contributed by atoms with Crippen LogP contribution < -0.4 is 15.8 Å². The second-order valence-corrected chi connectivity index (χ2v) is 5.82. The Bertz CT molecular complexity index is 539. The monoisotopic (exact) mass is 312 g/mol. The molecule has 124 valence electrons. The molecule has 1 unspecified atom stereocenters. The Kier molecular flexibility index (Phi) is 7.64. The van der Waals surface area contributed by atoms with Gasteiger partial charge in [-0.25, -0.2) is 0 Å². The highest BCUT2D eigenvalue weighted by molar-refractivity contribution is 5.29. The van der Waals surface area contributed by atoms with Crippen LogP contribution in [0.2, 0.25) is 0 Å². The molecule has 2 rings (SSSR count). The van der Waals surface area contributed by atoms with Crippen molar-refractivity contribution < 1.29 is 4.74 Å². The molecule has 0 heterocycles. The van der Waals surface area contributed by atoms with Gasteiger partial charge in [-0.1, -0.05) is 42.5 Å². The first-order valence-corrected chi connectivity index (χ1v) is 8.49. The predicted molar refractivity (Wildman–Crippen MR) is 96.8 cm³/mol. The van der Waals surface area contributed by atoms with E-state index >= 15 is 0 Å². The summed E-state index contributed by atoms with van der Waals surface area (Å²) < 4.78 is 5.82. The fraction of sp³-hybridized carbons (Fsp3) is 0.400. The van der Waals surface area contributed by atoms with Crippen molar-refractivity contribution in [1.29, 1.82) is 0 Å². The Morgan fingerprint density at radius 3 is 2.43 bits per heavy atom. The molecule has 0 aromatic heterocycles. The molecule has 3 N–H and O–H groups in total. The highest BCUT2D eigenvalue weighted by Crippen LogP contribution is 2.18. The smallest absolute Gasteiger partial charge is 0.119 e. The van der Waals surface area contributed by atoms with Crippen molar-refractivity contribution >= 4 is 0 Å². The van der Waals surface area contributed by atoms with Gasteiger partial charge >= 0.3 is 0 Å². The molecule has 0 spiro atoms. The van der Waals surface area contributed by atoms with Crippen molar-refractivity contribution in [1.82, 2.24) is 5.32 Å². The van der Waals surface area contributed by atoms with Gasteiger partial charge in [-0.15, -0.1) is 0 Å². The zero-order chi connectivity index (χ0) is 16.3. The zero-order valence-corrected chi connectivity index (χ0v) is 14.0. The third kappa shape index (κ3) is 6.43. The summed E-state index contributed by atoms with van der Waals surface area (Å²) >= 11 is 0. The largest absolute Gasteiger partial charge is 0.494 e.